The van der Waals surface area contributed by atoms with Crippen molar-refractivity contribution < 1.29 is 14.3 Å². The minimum Gasteiger partial charge on any atom is -0.457 e. The molecule has 0 radical (unpaired) electrons. The maximum atomic E-state index is 13.0. The van der Waals surface area contributed by atoms with Gasteiger partial charge in [-0.2, -0.15) is 5.26 Å². The standard InChI is InChI=1S/C27H24N4O3S/c1-16-8-9-20(34-21-10-11-22-24(14-21)35-26(31-22)29-17(2)32)13-23(16)30-25(33)18-6-5-7-19(12-18)27(3,4)15-28/h5-14H,1-4H3,(H,30,33)(H,29,31,32). The molecule has 0 saturated heterocycles. The molecule has 0 fully saturated rings. The normalized spacial score (nSPS) is 11.1. The van der Waals surface area contributed by atoms with E-state index in [9.17, 15) is 14.9 Å². The van der Waals surface area contributed by atoms with Crippen LogP contribution in [-0.4, -0.2) is 16.8 Å². The number of nitrogens with one attached hydrogen (secondary N) is 2. The summed E-state index contributed by atoms with van der Waals surface area (Å²) in [6.07, 6.45) is 0. The van der Waals surface area contributed by atoms with Crippen molar-refractivity contribution in [2.45, 2.75) is 33.1 Å². The van der Waals surface area contributed by atoms with Crippen LogP contribution in [0.4, 0.5) is 10.8 Å². The number of carbonyl (C=O) groups is 2. The second-order valence-corrected chi connectivity index (χ2v) is 9.71. The smallest absolute Gasteiger partial charge is 0.255 e. The summed E-state index contributed by atoms with van der Waals surface area (Å²) < 4.78 is 6.92. The maximum absolute atomic E-state index is 13.0. The highest BCUT2D eigenvalue weighted by molar-refractivity contribution is 7.22. The number of thiazole rings is 1. The van der Waals surface area contributed by atoms with Gasteiger partial charge in [-0.1, -0.05) is 29.5 Å². The first-order chi connectivity index (χ1) is 16.6. The molecule has 7 nitrogen and oxygen atoms in total. The minimum absolute atomic E-state index is 0.171. The van der Waals surface area contributed by atoms with Crippen molar-refractivity contribution in [2.75, 3.05) is 10.6 Å². The molecule has 1 aromatic heterocycles. The van der Waals surface area contributed by atoms with Crippen LogP contribution in [0.5, 0.6) is 11.5 Å². The highest BCUT2D eigenvalue weighted by Gasteiger charge is 2.21. The molecular formula is C27H24N4O3S. The van der Waals surface area contributed by atoms with E-state index in [-0.39, 0.29) is 11.8 Å². The molecule has 0 spiro atoms. The van der Waals surface area contributed by atoms with E-state index in [0.717, 1.165) is 21.3 Å². The Labute approximate surface area is 207 Å². The average Bonchev–Trinajstić information content (AvgIpc) is 3.22. The van der Waals surface area contributed by atoms with Gasteiger partial charge in [0, 0.05) is 30.3 Å². The van der Waals surface area contributed by atoms with E-state index in [2.05, 4.69) is 21.7 Å². The molecule has 1 heterocycles. The Bertz CT molecular complexity index is 1480. The molecule has 0 aliphatic rings. The van der Waals surface area contributed by atoms with Crippen molar-refractivity contribution in [2.24, 2.45) is 0 Å². The van der Waals surface area contributed by atoms with Crippen LogP contribution in [0, 0.1) is 18.3 Å². The molecule has 0 atom stereocenters. The van der Waals surface area contributed by atoms with E-state index in [1.807, 2.05) is 51.1 Å². The average molecular weight is 485 g/mol. The molecule has 0 saturated carbocycles. The molecule has 0 bridgehead atoms. The number of anilines is 2. The largest absolute Gasteiger partial charge is 0.457 e. The zero-order valence-electron chi connectivity index (χ0n) is 19.8. The number of fused-ring (bicyclic) bond motifs is 1. The van der Waals surface area contributed by atoms with E-state index >= 15 is 0 Å². The SMILES string of the molecule is CC(=O)Nc1nc2ccc(Oc3ccc(C)c(NC(=O)c4cccc(C(C)(C)C#N)c4)c3)cc2s1. The fourth-order valence-corrected chi connectivity index (χ4v) is 4.36. The molecule has 2 amide bonds. The third kappa shape index (κ3) is 5.48. The van der Waals surface area contributed by atoms with Gasteiger partial charge in [0.2, 0.25) is 5.91 Å². The van der Waals surface area contributed by atoms with Crippen LogP contribution in [0.25, 0.3) is 10.2 Å². The van der Waals surface area contributed by atoms with Gasteiger partial charge >= 0.3 is 0 Å². The first-order valence-electron chi connectivity index (χ1n) is 10.9. The Kier molecular flexibility index (Phi) is 6.54. The van der Waals surface area contributed by atoms with Crippen LogP contribution >= 0.6 is 11.3 Å². The van der Waals surface area contributed by atoms with E-state index in [4.69, 9.17) is 4.74 Å². The summed E-state index contributed by atoms with van der Waals surface area (Å²) in [7, 11) is 0. The second-order valence-electron chi connectivity index (χ2n) is 8.68. The zero-order chi connectivity index (χ0) is 25.2. The van der Waals surface area contributed by atoms with Gasteiger partial charge in [-0.15, -0.1) is 0 Å². The van der Waals surface area contributed by atoms with Gasteiger partial charge in [0.25, 0.3) is 5.91 Å². The molecule has 3 aromatic carbocycles. The predicted molar refractivity (Wildman–Crippen MR) is 138 cm³/mol. The highest BCUT2D eigenvalue weighted by Crippen LogP contribution is 2.33. The van der Waals surface area contributed by atoms with Crippen molar-refractivity contribution in [3.8, 4) is 17.6 Å². The lowest BCUT2D eigenvalue weighted by Crippen LogP contribution is -2.17. The summed E-state index contributed by atoms with van der Waals surface area (Å²) in [5.41, 5.74) is 2.84. The molecule has 35 heavy (non-hydrogen) atoms. The number of rotatable bonds is 6. The summed E-state index contributed by atoms with van der Waals surface area (Å²) in [5.74, 6) is 0.743. The quantitative estimate of drug-likeness (QED) is 0.329. The fraction of sp³-hybridized carbons (Fsp3) is 0.185. The number of nitriles is 1. The van der Waals surface area contributed by atoms with Crippen LogP contribution in [-0.2, 0) is 10.2 Å². The van der Waals surface area contributed by atoms with Gasteiger partial charge in [-0.3, -0.25) is 9.59 Å². The number of amides is 2. The van der Waals surface area contributed by atoms with Gasteiger partial charge in [0.1, 0.15) is 11.5 Å². The molecule has 8 heteroatoms. The lowest BCUT2D eigenvalue weighted by molar-refractivity contribution is -0.114. The molecule has 2 N–H and O–H groups in total. The van der Waals surface area contributed by atoms with E-state index in [1.165, 1.54) is 18.3 Å². The summed E-state index contributed by atoms with van der Waals surface area (Å²) >= 11 is 1.37. The van der Waals surface area contributed by atoms with Crippen molar-refractivity contribution in [1.82, 2.24) is 4.98 Å². The van der Waals surface area contributed by atoms with Crippen LogP contribution in [0.3, 0.4) is 0 Å². The van der Waals surface area contributed by atoms with E-state index in [1.54, 1.807) is 30.3 Å². The molecular weight excluding hydrogens is 460 g/mol. The topological polar surface area (TPSA) is 104 Å². The summed E-state index contributed by atoms with van der Waals surface area (Å²) in [4.78, 5) is 28.6. The first kappa shape index (κ1) is 23.9. The van der Waals surface area contributed by atoms with Gasteiger partial charge in [0.05, 0.1) is 21.7 Å². The van der Waals surface area contributed by atoms with Crippen molar-refractivity contribution in [1.29, 1.82) is 5.26 Å². The van der Waals surface area contributed by atoms with Crippen LogP contribution in [0.15, 0.2) is 60.7 Å². The molecule has 0 unspecified atom stereocenters. The second kappa shape index (κ2) is 9.57. The third-order valence-electron chi connectivity index (χ3n) is 5.46. The maximum Gasteiger partial charge on any atom is 0.255 e. The number of carbonyl (C=O) groups excluding carboxylic acids is 2. The van der Waals surface area contributed by atoms with Gasteiger partial charge in [-0.05, 0) is 62.2 Å². The minimum atomic E-state index is -0.692. The third-order valence-corrected chi connectivity index (χ3v) is 6.40. The van der Waals surface area contributed by atoms with Gasteiger partial charge in [-0.25, -0.2) is 4.98 Å². The van der Waals surface area contributed by atoms with Crippen LogP contribution in [0.1, 0.15) is 42.3 Å². The molecule has 176 valence electrons. The van der Waals surface area contributed by atoms with E-state index in [0.29, 0.717) is 27.9 Å². The number of benzene rings is 3. The molecule has 0 aliphatic carbocycles. The van der Waals surface area contributed by atoms with Crippen LogP contribution < -0.4 is 15.4 Å². The first-order valence-corrected chi connectivity index (χ1v) is 11.8. The molecule has 4 aromatic rings. The lowest BCUT2D eigenvalue weighted by Gasteiger charge is -2.17. The molecule has 4 rings (SSSR count). The van der Waals surface area contributed by atoms with Crippen LogP contribution in [0.2, 0.25) is 0 Å². The number of nitrogens with zero attached hydrogens (tertiary/aromatic N) is 2. The summed E-state index contributed by atoms with van der Waals surface area (Å²) in [6, 6.07) is 20.3. The van der Waals surface area contributed by atoms with Crippen molar-refractivity contribution in [3.63, 3.8) is 0 Å². The predicted octanol–water partition coefficient (Wildman–Crippen LogP) is 6.41. The number of hydrogen-bond donors (Lipinski definition) is 2. The Hall–Kier alpha value is -4.22. The number of ether oxygens (including phenoxy) is 1. The zero-order valence-corrected chi connectivity index (χ0v) is 20.6. The fourth-order valence-electron chi connectivity index (χ4n) is 3.42. The Morgan fingerprint density at radius 3 is 2.51 bits per heavy atom. The van der Waals surface area contributed by atoms with Crippen molar-refractivity contribution in [3.05, 3.63) is 77.4 Å². The number of aryl methyl sites for hydroxylation is 1. The van der Waals surface area contributed by atoms with E-state index < -0.39 is 5.41 Å². The lowest BCUT2D eigenvalue weighted by atomic mass is 9.85. The summed E-state index contributed by atoms with van der Waals surface area (Å²) in [6.45, 7) is 6.98. The molecule has 0 aliphatic heterocycles. The van der Waals surface area contributed by atoms with Crippen molar-refractivity contribution >= 4 is 44.2 Å². The monoisotopic (exact) mass is 484 g/mol. The highest BCUT2D eigenvalue weighted by atomic mass is 32.1. The number of hydrogen-bond acceptors (Lipinski definition) is 6. The Morgan fingerprint density at radius 2 is 1.77 bits per heavy atom. The number of aromatic nitrogens is 1. The van der Waals surface area contributed by atoms with Gasteiger partial charge in [0.15, 0.2) is 5.13 Å². The van der Waals surface area contributed by atoms with Gasteiger partial charge < -0.3 is 15.4 Å². The Morgan fingerprint density at radius 1 is 1.03 bits per heavy atom. The summed E-state index contributed by atoms with van der Waals surface area (Å²) in [5, 5.41) is 15.6. The Balaban J connectivity index is 1.53.